The molecular formula is C20H16N4O. The topological polar surface area (TPSA) is 76.9 Å². The molecule has 2 aromatic carbocycles. The lowest BCUT2D eigenvalue weighted by Crippen LogP contribution is -2.21. The van der Waals surface area contributed by atoms with E-state index < -0.39 is 0 Å². The number of benzene rings is 2. The molecule has 1 aliphatic heterocycles. The van der Waals surface area contributed by atoms with Gasteiger partial charge in [0, 0.05) is 12.6 Å². The summed E-state index contributed by atoms with van der Waals surface area (Å²) in [5.41, 5.74) is 10.1. The van der Waals surface area contributed by atoms with Crippen molar-refractivity contribution >= 4 is 0 Å². The molecule has 122 valence electrons. The zero-order valence-corrected chi connectivity index (χ0v) is 13.7. The Morgan fingerprint density at radius 2 is 1.72 bits per heavy atom. The normalized spacial score (nSPS) is 16.1. The van der Waals surface area contributed by atoms with Gasteiger partial charge >= 0.3 is 0 Å². The van der Waals surface area contributed by atoms with E-state index >= 15 is 0 Å². The van der Waals surface area contributed by atoms with E-state index in [-0.39, 0.29) is 11.8 Å². The van der Waals surface area contributed by atoms with Crippen molar-refractivity contribution in [3.63, 3.8) is 0 Å². The molecule has 0 bridgehead atoms. The maximum Gasteiger partial charge on any atom is 0.224 e. The van der Waals surface area contributed by atoms with Crippen LogP contribution in [0, 0.1) is 11.3 Å². The van der Waals surface area contributed by atoms with Crippen LogP contribution in [-0.4, -0.2) is 9.78 Å². The minimum atomic E-state index is -0.307. The Kier molecular flexibility index (Phi) is 3.51. The Morgan fingerprint density at radius 3 is 2.36 bits per heavy atom. The number of nitrogens with zero attached hydrogens (tertiary/aromatic N) is 3. The van der Waals surface area contributed by atoms with Crippen molar-refractivity contribution in [3.05, 3.63) is 83.2 Å². The van der Waals surface area contributed by atoms with Gasteiger partial charge < -0.3 is 10.5 Å². The van der Waals surface area contributed by atoms with Crippen LogP contribution in [0.5, 0.6) is 5.88 Å². The lowest BCUT2D eigenvalue weighted by atomic mass is 9.83. The summed E-state index contributed by atoms with van der Waals surface area (Å²) in [6, 6.07) is 22.0. The fourth-order valence-electron chi connectivity index (χ4n) is 3.26. The molecule has 0 saturated heterocycles. The number of nitriles is 1. The van der Waals surface area contributed by atoms with Crippen LogP contribution in [0.4, 0.5) is 0 Å². The molecule has 3 aromatic rings. The van der Waals surface area contributed by atoms with Gasteiger partial charge in [0.2, 0.25) is 11.8 Å². The molecule has 4 rings (SSSR count). The highest BCUT2D eigenvalue weighted by Crippen LogP contribution is 2.46. The average molecular weight is 328 g/mol. The van der Waals surface area contributed by atoms with Crippen LogP contribution in [0.25, 0.3) is 11.3 Å². The van der Waals surface area contributed by atoms with Crippen molar-refractivity contribution in [1.82, 2.24) is 9.78 Å². The minimum absolute atomic E-state index is 0.131. The van der Waals surface area contributed by atoms with Gasteiger partial charge in [-0.2, -0.15) is 10.4 Å². The highest BCUT2D eigenvalue weighted by molar-refractivity contribution is 5.71. The molecule has 0 spiro atoms. The van der Waals surface area contributed by atoms with E-state index in [1.807, 2.05) is 67.7 Å². The maximum absolute atomic E-state index is 9.69. The van der Waals surface area contributed by atoms with Gasteiger partial charge in [0.15, 0.2) is 0 Å². The number of hydrogen-bond acceptors (Lipinski definition) is 4. The summed E-state index contributed by atoms with van der Waals surface area (Å²) in [6.07, 6.45) is 0. The molecular weight excluding hydrogens is 312 g/mol. The Balaban J connectivity index is 2.01. The van der Waals surface area contributed by atoms with Crippen molar-refractivity contribution in [3.8, 4) is 23.2 Å². The second kappa shape index (κ2) is 5.84. The Bertz CT molecular complexity index is 997. The van der Waals surface area contributed by atoms with E-state index in [1.54, 1.807) is 4.68 Å². The maximum atomic E-state index is 9.69. The molecule has 1 atom stereocenters. The van der Waals surface area contributed by atoms with Gasteiger partial charge in [0.25, 0.3) is 0 Å². The van der Waals surface area contributed by atoms with Gasteiger partial charge in [-0.1, -0.05) is 60.7 Å². The van der Waals surface area contributed by atoms with Gasteiger partial charge in [-0.25, -0.2) is 4.68 Å². The lowest BCUT2D eigenvalue weighted by molar-refractivity contribution is 0.358. The summed E-state index contributed by atoms with van der Waals surface area (Å²) in [7, 11) is 1.82. The number of aromatic nitrogens is 2. The summed E-state index contributed by atoms with van der Waals surface area (Å²) in [5.74, 6) is 0.398. The number of hydrogen-bond donors (Lipinski definition) is 1. The molecule has 0 fully saturated rings. The van der Waals surface area contributed by atoms with Gasteiger partial charge in [0.1, 0.15) is 17.3 Å². The van der Waals surface area contributed by atoms with Crippen LogP contribution in [-0.2, 0) is 7.05 Å². The average Bonchev–Trinajstić information content (AvgIpc) is 2.98. The Hall–Kier alpha value is -3.52. The SMILES string of the molecule is Cn1nc(-c2ccccc2)c2c1OC(N)=C(C#N)C2c1ccccc1. The van der Waals surface area contributed by atoms with Crippen LogP contribution in [0.15, 0.2) is 72.1 Å². The number of aryl methyl sites for hydroxylation is 1. The van der Waals surface area contributed by atoms with E-state index in [2.05, 4.69) is 11.2 Å². The smallest absolute Gasteiger partial charge is 0.224 e. The molecule has 0 radical (unpaired) electrons. The Labute approximate surface area is 145 Å². The highest BCUT2D eigenvalue weighted by Gasteiger charge is 2.36. The number of fused-ring (bicyclic) bond motifs is 1. The van der Waals surface area contributed by atoms with Crippen molar-refractivity contribution in [2.24, 2.45) is 12.8 Å². The highest BCUT2D eigenvalue weighted by atomic mass is 16.5. The van der Waals surface area contributed by atoms with Crippen LogP contribution in [0.2, 0.25) is 0 Å². The summed E-state index contributed by atoms with van der Waals surface area (Å²) >= 11 is 0. The van der Waals surface area contributed by atoms with E-state index in [0.29, 0.717) is 11.5 Å². The first-order chi connectivity index (χ1) is 12.2. The van der Waals surface area contributed by atoms with Crippen LogP contribution < -0.4 is 10.5 Å². The molecule has 2 N–H and O–H groups in total. The van der Waals surface area contributed by atoms with Gasteiger partial charge in [-0.05, 0) is 5.56 Å². The molecule has 0 saturated carbocycles. The first-order valence-corrected chi connectivity index (χ1v) is 7.95. The monoisotopic (exact) mass is 328 g/mol. The first-order valence-electron chi connectivity index (χ1n) is 7.95. The van der Waals surface area contributed by atoms with E-state index in [4.69, 9.17) is 10.5 Å². The quantitative estimate of drug-likeness (QED) is 0.783. The van der Waals surface area contributed by atoms with E-state index in [0.717, 1.165) is 22.4 Å². The molecule has 0 amide bonds. The molecule has 5 nitrogen and oxygen atoms in total. The zero-order chi connectivity index (χ0) is 17.4. The summed E-state index contributed by atoms with van der Waals surface area (Å²) in [6.45, 7) is 0. The van der Waals surface area contributed by atoms with Crippen LogP contribution in [0.3, 0.4) is 0 Å². The van der Waals surface area contributed by atoms with E-state index in [1.165, 1.54) is 0 Å². The molecule has 2 heterocycles. The summed E-state index contributed by atoms with van der Waals surface area (Å²) in [5, 5.41) is 14.3. The molecule has 1 unspecified atom stereocenters. The predicted molar refractivity (Wildman–Crippen MR) is 94.4 cm³/mol. The first kappa shape index (κ1) is 15.0. The van der Waals surface area contributed by atoms with Gasteiger partial charge in [0.05, 0.1) is 11.5 Å². The van der Waals surface area contributed by atoms with Crippen molar-refractivity contribution in [1.29, 1.82) is 5.26 Å². The minimum Gasteiger partial charge on any atom is -0.422 e. The molecule has 25 heavy (non-hydrogen) atoms. The lowest BCUT2D eigenvalue weighted by Gasteiger charge is -2.24. The third kappa shape index (κ3) is 2.36. The molecule has 1 aliphatic rings. The number of nitrogens with two attached hydrogens (primary N) is 1. The largest absolute Gasteiger partial charge is 0.422 e. The van der Waals surface area contributed by atoms with Crippen molar-refractivity contribution in [2.45, 2.75) is 5.92 Å². The third-order valence-corrected chi connectivity index (χ3v) is 4.38. The fraction of sp³-hybridized carbons (Fsp3) is 0.100. The number of allylic oxidation sites excluding steroid dienone is 1. The fourth-order valence-corrected chi connectivity index (χ4v) is 3.26. The predicted octanol–water partition coefficient (Wildman–Crippen LogP) is 3.31. The molecule has 0 aliphatic carbocycles. The molecule has 5 heteroatoms. The Morgan fingerprint density at radius 1 is 1.08 bits per heavy atom. The standard InChI is InChI=1S/C20H16N4O/c1-24-20-17(18(23-24)14-10-6-3-7-11-14)16(13-8-4-2-5-9-13)15(12-21)19(22)25-20/h2-11,16H,22H2,1H3. The second-order valence-electron chi connectivity index (χ2n) is 5.89. The number of ether oxygens (including phenoxy) is 1. The zero-order valence-electron chi connectivity index (χ0n) is 13.7. The van der Waals surface area contributed by atoms with Gasteiger partial charge in [-0.3, -0.25) is 0 Å². The van der Waals surface area contributed by atoms with Crippen LogP contribution >= 0.6 is 0 Å². The second-order valence-corrected chi connectivity index (χ2v) is 5.89. The summed E-state index contributed by atoms with van der Waals surface area (Å²) in [4.78, 5) is 0. The number of rotatable bonds is 2. The molecule has 1 aromatic heterocycles. The van der Waals surface area contributed by atoms with E-state index in [9.17, 15) is 5.26 Å². The third-order valence-electron chi connectivity index (χ3n) is 4.38. The summed E-state index contributed by atoms with van der Waals surface area (Å²) < 4.78 is 7.43. The van der Waals surface area contributed by atoms with Crippen molar-refractivity contribution in [2.75, 3.05) is 0 Å². The van der Waals surface area contributed by atoms with Crippen LogP contribution in [0.1, 0.15) is 17.0 Å². The van der Waals surface area contributed by atoms with Gasteiger partial charge in [-0.15, -0.1) is 0 Å². The van der Waals surface area contributed by atoms with Crippen molar-refractivity contribution < 1.29 is 4.74 Å².